The van der Waals surface area contributed by atoms with E-state index in [1.54, 1.807) is 10.8 Å². The van der Waals surface area contributed by atoms with E-state index in [4.69, 9.17) is 0 Å². The number of hydrogen-bond acceptors (Lipinski definition) is 5. The summed E-state index contributed by atoms with van der Waals surface area (Å²) >= 11 is 1.36. The summed E-state index contributed by atoms with van der Waals surface area (Å²) in [4.78, 5) is 29.5. The normalized spacial score (nSPS) is 12.7. The number of carbonyl (C=O) groups excluding carboxylic acids is 1. The molecular formula is C24H23N5O2S. The fourth-order valence-corrected chi connectivity index (χ4v) is 4.96. The number of nitrogens with zero attached hydrogens (tertiary/aromatic N) is 4. The molecule has 0 amide bonds. The van der Waals surface area contributed by atoms with Gasteiger partial charge >= 0.3 is 0 Å². The first-order chi connectivity index (χ1) is 15.6. The van der Waals surface area contributed by atoms with Crippen LogP contribution < -0.4 is 5.56 Å². The maximum absolute atomic E-state index is 13.3. The van der Waals surface area contributed by atoms with E-state index in [9.17, 15) is 9.59 Å². The predicted molar refractivity (Wildman–Crippen MR) is 128 cm³/mol. The van der Waals surface area contributed by atoms with Crippen molar-refractivity contribution in [3.05, 3.63) is 70.6 Å². The van der Waals surface area contributed by atoms with Crippen LogP contribution in [0.15, 0.2) is 64.7 Å². The minimum Gasteiger partial charge on any atom is -0.360 e. The van der Waals surface area contributed by atoms with Crippen molar-refractivity contribution in [1.82, 2.24) is 24.1 Å². The Hall–Kier alpha value is -3.39. The van der Waals surface area contributed by atoms with Gasteiger partial charge in [0.1, 0.15) is 0 Å². The summed E-state index contributed by atoms with van der Waals surface area (Å²) in [5, 5.41) is 10.5. The average molecular weight is 446 g/mol. The molecule has 0 radical (unpaired) electrons. The monoisotopic (exact) mass is 445 g/mol. The van der Waals surface area contributed by atoms with Gasteiger partial charge in [-0.2, -0.15) is 0 Å². The molecule has 0 aliphatic rings. The molecular weight excluding hydrogens is 422 g/mol. The van der Waals surface area contributed by atoms with E-state index in [-0.39, 0.29) is 16.6 Å². The first-order valence-corrected chi connectivity index (χ1v) is 11.6. The van der Waals surface area contributed by atoms with Crippen LogP contribution >= 0.6 is 11.8 Å². The van der Waals surface area contributed by atoms with E-state index in [0.29, 0.717) is 28.4 Å². The van der Waals surface area contributed by atoms with E-state index in [1.807, 2.05) is 59.9 Å². The Morgan fingerprint density at radius 2 is 1.84 bits per heavy atom. The number of ketones is 1. The van der Waals surface area contributed by atoms with E-state index in [2.05, 4.69) is 22.1 Å². The summed E-state index contributed by atoms with van der Waals surface area (Å²) in [6.07, 6.45) is 3.61. The van der Waals surface area contributed by atoms with Crippen LogP contribution in [-0.2, 0) is 6.54 Å². The van der Waals surface area contributed by atoms with Crippen molar-refractivity contribution in [2.24, 2.45) is 0 Å². The first-order valence-electron chi connectivity index (χ1n) is 10.7. The number of para-hydroxylation sites is 2. The zero-order chi connectivity index (χ0) is 22.2. The van der Waals surface area contributed by atoms with Crippen LogP contribution in [-0.4, -0.2) is 35.2 Å². The molecule has 8 heteroatoms. The van der Waals surface area contributed by atoms with Crippen molar-refractivity contribution >= 4 is 45.1 Å². The summed E-state index contributed by atoms with van der Waals surface area (Å²) < 4.78 is 3.59. The quantitative estimate of drug-likeness (QED) is 0.290. The smallest absolute Gasteiger partial charge is 0.262 e. The number of aryl methyl sites for hydroxylation is 1. The second kappa shape index (κ2) is 8.27. The largest absolute Gasteiger partial charge is 0.360 e. The minimum absolute atomic E-state index is 0.0211. The van der Waals surface area contributed by atoms with Crippen LogP contribution in [0.25, 0.3) is 27.6 Å². The van der Waals surface area contributed by atoms with Crippen LogP contribution in [0.1, 0.15) is 37.0 Å². The van der Waals surface area contributed by atoms with Crippen LogP contribution in [0.3, 0.4) is 0 Å². The lowest BCUT2D eigenvalue weighted by atomic mass is 10.1. The summed E-state index contributed by atoms with van der Waals surface area (Å²) in [7, 11) is 0. The lowest BCUT2D eigenvalue weighted by molar-refractivity contribution is 0.0995. The minimum atomic E-state index is -0.378. The number of thioether (sulfide) groups is 1. The molecule has 1 unspecified atom stereocenters. The van der Waals surface area contributed by atoms with E-state index in [1.165, 1.54) is 11.8 Å². The number of aromatic nitrogens is 5. The molecule has 0 bridgehead atoms. The van der Waals surface area contributed by atoms with E-state index >= 15 is 0 Å². The van der Waals surface area contributed by atoms with Gasteiger partial charge in [-0.15, -0.1) is 10.2 Å². The lowest BCUT2D eigenvalue weighted by Gasteiger charge is -2.12. The van der Waals surface area contributed by atoms with Gasteiger partial charge in [0.2, 0.25) is 5.78 Å². The molecule has 0 aliphatic carbocycles. The Kier molecular flexibility index (Phi) is 5.30. The number of H-pyrrole nitrogens is 1. The van der Waals surface area contributed by atoms with Crippen molar-refractivity contribution in [3.8, 4) is 0 Å². The van der Waals surface area contributed by atoms with Gasteiger partial charge in [-0.25, -0.2) is 0 Å². The third-order valence-electron chi connectivity index (χ3n) is 5.72. The van der Waals surface area contributed by atoms with Gasteiger partial charge in [-0.05, 0) is 31.5 Å². The summed E-state index contributed by atoms with van der Waals surface area (Å²) in [5.41, 5.74) is 2.29. The number of hydrogen-bond donors (Lipinski definition) is 1. The number of unbranched alkanes of at least 4 members (excludes halogenated alkanes) is 1. The number of benzene rings is 2. The maximum atomic E-state index is 13.3. The fraction of sp³-hybridized carbons (Fsp3) is 0.250. The Balaban J connectivity index is 1.58. The van der Waals surface area contributed by atoms with Crippen LogP contribution in [0.5, 0.6) is 0 Å². The molecule has 32 heavy (non-hydrogen) atoms. The second-order valence-corrected chi connectivity index (χ2v) is 9.13. The highest BCUT2D eigenvalue weighted by molar-refractivity contribution is 8.00. The molecule has 5 aromatic rings. The van der Waals surface area contributed by atoms with Gasteiger partial charge in [0.05, 0.1) is 16.2 Å². The number of aromatic amines is 1. The molecule has 0 fully saturated rings. The van der Waals surface area contributed by atoms with Gasteiger partial charge in [0.25, 0.3) is 5.56 Å². The lowest BCUT2D eigenvalue weighted by Crippen LogP contribution is -2.23. The van der Waals surface area contributed by atoms with E-state index < -0.39 is 0 Å². The molecule has 2 aromatic carbocycles. The van der Waals surface area contributed by atoms with Gasteiger partial charge in [0.15, 0.2) is 10.9 Å². The highest BCUT2D eigenvalue weighted by Gasteiger charge is 2.24. The Labute approximate surface area is 188 Å². The SMILES string of the molecule is CCCCn1c(=O)c2ccccc2n2c(SC(C)C(=O)c3c[nH]c4ccccc34)nnc12. The molecule has 1 atom stereocenters. The molecule has 5 rings (SSSR count). The zero-order valence-corrected chi connectivity index (χ0v) is 18.7. The topological polar surface area (TPSA) is 85.0 Å². The number of fused-ring (bicyclic) bond motifs is 4. The van der Waals surface area contributed by atoms with Crippen molar-refractivity contribution in [2.75, 3.05) is 0 Å². The third kappa shape index (κ3) is 3.31. The molecule has 3 heterocycles. The second-order valence-electron chi connectivity index (χ2n) is 7.82. The summed E-state index contributed by atoms with van der Waals surface area (Å²) in [6.45, 7) is 4.55. The fourth-order valence-electron chi connectivity index (χ4n) is 4.03. The van der Waals surface area contributed by atoms with Gasteiger partial charge in [-0.1, -0.05) is 55.4 Å². The molecule has 0 saturated heterocycles. The van der Waals surface area contributed by atoms with E-state index in [0.717, 1.165) is 29.3 Å². The van der Waals surface area contributed by atoms with Gasteiger partial charge < -0.3 is 4.98 Å². The molecule has 0 spiro atoms. The Morgan fingerprint density at radius 1 is 1.09 bits per heavy atom. The molecule has 7 nitrogen and oxygen atoms in total. The van der Waals surface area contributed by atoms with Crippen LogP contribution in [0, 0.1) is 0 Å². The van der Waals surface area contributed by atoms with Gasteiger partial charge in [0, 0.05) is 29.2 Å². The highest BCUT2D eigenvalue weighted by atomic mass is 32.2. The number of nitrogens with one attached hydrogen (secondary N) is 1. The van der Waals surface area contributed by atoms with Crippen molar-refractivity contribution < 1.29 is 4.79 Å². The van der Waals surface area contributed by atoms with Crippen molar-refractivity contribution in [1.29, 1.82) is 0 Å². The summed E-state index contributed by atoms with van der Waals surface area (Å²) in [5.74, 6) is 0.532. The zero-order valence-electron chi connectivity index (χ0n) is 17.9. The highest BCUT2D eigenvalue weighted by Crippen LogP contribution is 2.29. The number of rotatable bonds is 7. The molecule has 162 valence electrons. The van der Waals surface area contributed by atoms with Crippen LogP contribution in [0.4, 0.5) is 0 Å². The van der Waals surface area contributed by atoms with Crippen molar-refractivity contribution in [2.45, 2.75) is 43.6 Å². The van der Waals surface area contributed by atoms with Crippen molar-refractivity contribution in [3.63, 3.8) is 0 Å². The first kappa shape index (κ1) is 20.5. The number of carbonyl (C=O) groups is 1. The molecule has 3 aromatic heterocycles. The third-order valence-corrected chi connectivity index (χ3v) is 6.76. The Morgan fingerprint density at radius 3 is 2.66 bits per heavy atom. The van der Waals surface area contributed by atoms with Gasteiger partial charge in [-0.3, -0.25) is 18.6 Å². The summed E-state index contributed by atoms with van der Waals surface area (Å²) in [6, 6.07) is 15.3. The molecule has 1 N–H and O–H groups in total. The average Bonchev–Trinajstić information content (AvgIpc) is 3.43. The maximum Gasteiger partial charge on any atom is 0.262 e. The molecule has 0 saturated carbocycles. The van der Waals surface area contributed by atoms with Crippen LogP contribution in [0.2, 0.25) is 0 Å². The standard InChI is InChI=1S/C24H23N5O2S/c1-3-4-13-28-22(31)17-10-6-8-12-20(17)29-23(28)26-27-24(29)32-15(2)21(30)18-14-25-19-11-7-5-9-16(18)19/h5-12,14-15,25H,3-4,13H2,1-2H3. The predicted octanol–water partition coefficient (Wildman–Crippen LogP) is 4.69. The Bertz CT molecular complexity index is 1510. The molecule has 0 aliphatic heterocycles. The number of Topliss-reactive ketones (excluding diaryl/α,β-unsaturated/α-hetero) is 1.